The number of hydrogen-bond donors (Lipinski definition) is 3. The largest absolute Gasteiger partial charge is 0.397 e. The van der Waals surface area contributed by atoms with E-state index in [9.17, 15) is 9.90 Å². The van der Waals surface area contributed by atoms with Gasteiger partial charge < -0.3 is 16.2 Å². The average Bonchev–Trinajstić information content (AvgIpc) is 3.05. The van der Waals surface area contributed by atoms with Crippen LogP contribution >= 0.6 is 11.3 Å². The standard InChI is InChI=1S/C23H21N3O2S/c1-13-8-10-16(11-9-13)26-22(28)21-19(24)18-12-17(14(2)25-23(18)29-21)20(27)15-6-4-3-5-7-15/h3-12,20,27H,24H2,1-2H3,(H,26,28). The Morgan fingerprint density at radius 1 is 1.10 bits per heavy atom. The van der Waals surface area contributed by atoms with Gasteiger partial charge in [-0.25, -0.2) is 4.98 Å². The van der Waals surface area contributed by atoms with E-state index in [-0.39, 0.29) is 5.91 Å². The van der Waals surface area contributed by atoms with E-state index in [0.717, 1.165) is 11.1 Å². The van der Waals surface area contributed by atoms with E-state index < -0.39 is 6.10 Å². The maximum absolute atomic E-state index is 12.8. The lowest BCUT2D eigenvalue weighted by Crippen LogP contribution is -2.11. The highest BCUT2D eigenvalue weighted by molar-refractivity contribution is 7.21. The molecule has 0 aliphatic carbocycles. The van der Waals surface area contributed by atoms with Crippen LogP contribution < -0.4 is 11.1 Å². The number of nitrogens with one attached hydrogen (secondary N) is 1. The molecule has 5 nitrogen and oxygen atoms in total. The molecule has 0 bridgehead atoms. The number of aryl methyl sites for hydroxylation is 2. The van der Waals surface area contributed by atoms with Gasteiger partial charge in [0.1, 0.15) is 15.8 Å². The first-order valence-electron chi connectivity index (χ1n) is 9.24. The molecule has 2 heterocycles. The third-order valence-electron chi connectivity index (χ3n) is 4.88. The van der Waals surface area contributed by atoms with Crippen molar-refractivity contribution in [1.82, 2.24) is 4.98 Å². The van der Waals surface area contributed by atoms with Crippen LogP contribution in [0.25, 0.3) is 10.2 Å². The molecule has 2 aromatic heterocycles. The van der Waals surface area contributed by atoms with E-state index in [4.69, 9.17) is 5.73 Å². The van der Waals surface area contributed by atoms with E-state index in [2.05, 4.69) is 10.3 Å². The first kappa shape index (κ1) is 19.1. The van der Waals surface area contributed by atoms with Crippen LogP contribution in [0.15, 0.2) is 60.7 Å². The van der Waals surface area contributed by atoms with E-state index >= 15 is 0 Å². The molecule has 0 aliphatic rings. The van der Waals surface area contributed by atoms with Crippen molar-refractivity contribution in [1.29, 1.82) is 0 Å². The van der Waals surface area contributed by atoms with Crippen LogP contribution in [0.4, 0.5) is 11.4 Å². The molecule has 1 unspecified atom stereocenters. The Balaban J connectivity index is 1.70. The lowest BCUT2D eigenvalue weighted by Gasteiger charge is -2.14. The van der Waals surface area contributed by atoms with Crippen molar-refractivity contribution in [3.05, 3.63) is 87.9 Å². The minimum atomic E-state index is -0.808. The third kappa shape index (κ3) is 3.72. The zero-order valence-corrected chi connectivity index (χ0v) is 17.0. The van der Waals surface area contributed by atoms with Crippen molar-refractivity contribution < 1.29 is 9.90 Å². The molecule has 29 heavy (non-hydrogen) atoms. The number of anilines is 2. The minimum Gasteiger partial charge on any atom is -0.397 e. The van der Waals surface area contributed by atoms with Crippen molar-refractivity contribution in [3.8, 4) is 0 Å². The number of aromatic nitrogens is 1. The summed E-state index contributed by atoms with van der Waals surface area (Å²) in [7, 11) is 0. The van der Waals surface area contributed by atoms with Crippen molar-refractivity contribution >= 4 is 38.8 Å². The van der Waals surface area contributed by atoms with Gasteiger partial charge in [-0.15, -0.1) is 11.3 Å². The number of pyridine rings is 1. The van der Waals surface area contributed by atoms with Crippen molar-refractivity contribution in [3.63, 3.8) is 0 Å². The molecule has 4 rings (SSSR count). The van der Waals surface area contributed by atoms with Crippen molar-refractivity contribution in [2.24, 2.45) is 0 Å². The molecular formula is C23H21N3O2S. The minimum absolute atomic E-state index is 0.267. The maximum Gasteiger partial charge on any atom is 0.267 e. The first-order chi connectivity index (χ1) is 13.9. The van der Waals surface area contributed by atoms with Crippen LogP contribution in [0.1, 0.15) is 38.2 Å². The summed E-state index contributed by atoms with van der Waals surface area (Å²) in [4.78, 5) is 18.5. The fraction of sp³-hybridized carbons (Fsp3) is 0.130. The summed E-state index contributed by atoms with van der Waals surface area (Å²) in [6.07, 6.45) is -0.808. The molecular weight excluding hydrogens is 382 g/mol. The summed E-state index contributed by atoms with van der Waals surface area (Å²) in [5.41, 5.74) is 10.7. The molecule has 0 saturated heterocycles. The number of thiophene rings is 1. The number of nitrogens with two attached hydrogens (primary N) is 1. The Morgan fingerprint density at radius 3 is 2.48 bits per heavy atom. The number of nitrogen functional groups attached to an aromatic ring is 1. The van der Waals surface area contributed by atoms with Crippen LogP contribution in [0.2, 0.25) is 0 Å². The lowest BCUT2D eigenvalue weighted by atomic mass is 9.99. The molecule has 0 radical (unpaired) electrons. The quantitative estimate of drug-likeness (QED) is 0.455. The maximum atomic E-state index is 12.8. The Hall–Kier alpha value is -3.22. The lowest BCUT2D eigenvalue weighted by molar-refractivity contribution is 0.103. The summed E-state index contributed by atoms with van der Waals surface area (Å²) in [5.74, 6) is -0.267. The second kappa shape index (κ2) is 7.66. The molecule has 4 N–H and O–H groups in total. The fourth-order valence-electron chi connectivity index (χ4n) is 3.23. The first-order valence-corrected chi connectivity index (χ1v) is 10.1. The molecule has 2 aromatic carbocycles. The van der Waals surface area contributed by atoms with E-state index in [1.807, 2.05) is 74.5 Å². The van der Waals surface area contributed by atoms with Crippen molar-refractivity contribution in [2.75, 3.05) is 11.1 Å². The number of nitrogens with zero attached hydrogens (tertiary/aromatic N) is 1. The number of carbonyl (C=O) groups is 1. The SMILES string of the molecule is Cc1ccc(NC(=O)c2sc3nc(C)c(C(O)c4ccccc4)cc3c2N)cc1. The monoisotopic (exact) mass is 403 g/mol. The zero-order chi connectivity index (χ0) is 20.5. The van der Waals surface area contributed by atoms with Gasteiger partial charge in [0.05, 0.1) is 5.69 Å². The average molecular weight is 404 g/mol. The second-order valence-electron chi connectivity index (χ2n) is 6.99. The topological polar surface area (TPSA) is 88.2 Å². The van der Waals surface area contributed by atoms with Gasteiger partial charge in [-0.3, -0.25) is 4.79 Å². The van der Waals surface area contributed by atoms with Gasteiger partial charge in [-0.2, -0.15) is 0 Å². The predicted octanol–water partition coefficient (Wildman–Crippen LogP) is 4.83. The molecule has 0 aliphatic heterocycles. The van der Waals surface area contributed by atoms with Crippen LogP contribution in [-0.4, -0.2) is 16.0 Å². The van der Waals surface area contributed by atoms with Crippen LogP contribution in [-0.2, 0) is 0 Å². The second-order valence-corrected chi connectivity index (χ2v) is 7.99. The molecule has 0 spiro atoms. The van der Waals surface area contributed by atoms with E-state index in [0.29, 0.717) is 37.7 Å². The molecule has 1 atom stereocenters. The Morgan fingerprint density at radius 2 is 1.79 bits per heavy atom. The van der Waals surface area contributed by atoms with Gasteiger partial charge in [-0.05, 0) is 37.6 Å². The number of hydrogen-bond acceptors (Lipinski definition) is 5. The Labute approximate surface area is 172 Å². The number of amides is 1. The highest BCUT2D eigenvalue weighted by atomic mass is 32.1. The smallest absolute Gasteiger partial charge is 0.267 e. The van der Waals surface area contributed by atoms with Gasteiger partial charge in [0.15, 0.2) is 0 Å². The summed E-state index contributed by atoms with van der Waals surface area (Å²) >= 11 is 1.26. The van der Waals surface area contributed by atoms with E-state index in [1.54, 1.807) is 0 Å². The predicted molar refractivity (Wildman–Crippen MR) is 118 cm³/mol. The number of aliphatic hydroxyl groups excluding tert-OH is 1. The molecule has 4 aromatic rings. The normalized spacial score (nSPS) is 12.1. The summed E-state index contributed by atoms with van der Waals surface area (Å²) in [6, 6.07) is 18.8. The van der Waals surface area contributed by atoms with Gasteiger partial charge in [0.25, 0.3) is 5.91 Å². The van der Waals surface area contributed by atoms with Crippen molar-refractivity contribution in [2.45, 2.75) is 20.0 Å². The van der Waals surface area contributed by atoms with E-state index in [1.165, 1.54) is 11.3 Å². The number of carbonyl (C=O) groups excluding carboxylic acids is 1. The third-order valence-corrected chi connectivity index (χ3v) is 5.99. The number of rotatable bonds is 4. The molecule has 0 saturated carbocycles. The Bertz CT molecular complexity index is 1180. The molecule has 0 fully saturated rings. The summed E-state index contributed by atoms with van der Waals surface area (Å²) < 4.78 is 0. The van der Waals surface area contributed by atoms with Crippen LogP contribution in [0.5, 0.6) is 0 Å². The Kier molecular flexibility index (Phi) is 5.05. The summed E-state index contributed by atoms with van der Waals surface area (Å²) in [5, 5.41) is 14.4. The highest BCUT2D eigenvalue weighted by Crippen LogP contribution is 2.36. The molecule has 6 heteroatoms. The van der Waals surface area contributed by atoms with Crippen LogP contribution in [0.3, 0.4) is 0 Å². The zero-order valence-electron chi connectivity index (χ0n) is 16.1. The fourth-order valence-corrected chi connectivity index (χ4v) is 4.25. The van der Waals surface area contributed by atoms with Gasteiger partial charge in [0, 0.05) is 22.3 Å². The van der Waals surface area contributed by atoms with Gasteiger partial charge >= 0.3 is 0 Å². The van der Waals surface area contributed by atoms with Crippen LogP contribution in [0, 0.1) is 13.8 Å². The van der Waals surface area contributed by atoms with Gasteiger partial charge in [0.2, 0.25) is 0 Å². The molecule has 1 amide bonds. The number of aliphatic hydroxyl groups is 1. The highest BCUT2D eigenvalue weighted by Gasteiger charge is 2.21. The number of fused-ring (bicyclic) bond motifs is 1. The van der Waals surface area contributed by atoms with Gasteiger partial charge in [-0.1, -0.05) is 48.0 Å². The molecule has 146 valence electrons. The summed E-state index contributed by atoms with van der Waals surface area (Å²) in [6.45, 7) is 3.84. The number of benzene rings is 2.